The van der Waals surface area contributed by atoms with Gasteiger partial charge in [0.05, 0.1) is 0 Å². The summed E-state index contributed by atoms with van der Waals surface area (Å²) in [6, 6.07) is 34.9. The monoisotopic (exact) mass is 494 g/mol. The van der Waals surface area contributed by atoms with Gasteiger partial charge in [0, 0.05) is 32.7 Å². The average molecular weight is 495 g/mol. The molecule has 37 heavy (non-hydrogen) atoms. The standard InChI is InChI=1S/C35H23ClO/c1-19-25-12-7-13-31-33(25)34-28(18-23-10-5-6-11-26(23)35(34)37-31)24-14-15-30(36)32(20(24)2)29-17-22-9-4-3-8-21(22)16-27(19)29/h3-19H,1-2H3. The molecule has 176 valence electrons. The maximum Gasteiger partial charge on any atom is 0.143 e. The van der Waals surface area contributed by atoms with Gasteiger partial charge in [-0.1, -0.05) is 85.3 Å². The molecule has 7 aromatic rings. The summed E-state index contributed by atoms with van der Waals surface area (Å²) in [6.07, 6.45) is 0. The highest BCUT2D eigenvalue weighted by molar-refractivity contribution is 6.34. The third-order valence-electron chi connectivity index (χ3n) is 8.35. The highest BCUT2D eigenvalue weighted by Gasteiger charge is 2.27. The Morgan fingerprint density at radius 1 is 0.649 bits per heavy atom. The minimum absolute atomic E-state index is 0.139. The van der Waals surface area contributed by atoms with E-state index in [1.165, 1.54) is 60.3 Å². The molecule has 0 radical (unpaired) electrons. The van der Waals surface area contributed by atoms with E-state index in [1.807, 2.05) is 0 Å². The molecule has 2 bridgehead atoms. The summed E-state index contributed by atoms with van der Waals surface area (Å²) in [5.74, 6) is 0.139. The number of rotatable bonds is 0. The van der Waals surface area contributed by atoms with Crippen LogP contribution in [-0.2, 0) is 0 Å². The van der Waals surface area contributed by atoms with E-state index in [-0.39, 0.29) is 5.92 Å². The van der Waals surface area contributed by atoms with Gasteiger partial charge in [-0.25, -0.2) is 0 Å². The van der Waals surface area contributed by atoms with Crippen LogP contribution in [0.3, 0.4) is 0 Å². The van der Waals surface area contributed by atoms with Crippen LogP contribution in [0.15, 0.2) is 101 Å². The van der Waals surface area contributed by atoms with E-state index in [4.69, 9.17) is 16.0 Å². The van der Waals surface area contributed by atoms with Gasteiger partial charge >= 0.3 is 0 Å². The predicted octanol–water partition coefficient (Wildman–Crippen LogP) is 10.7. The molecular formula is C35H23ClO. The molecule has 1 heterocycles. The molecule has 1 atom stereocenters. The summed E-state index contributed by atoms with van der Waals surface area (Å²) >= 11 is 7.02. The summed E-state index contributed by atoms with van der Waals surface area (Å²) in [6.45, 7) is 4.53. The van der Waals surface area contributed by atoms with Gasteiger partial charge in [-0.15, -0.1) is 0 Å². The highest BCUT2D eigenvalue weighted by atomic mass is 35.5. The third-order valence-corrected chi connectivity index (χ3v) is 8.66. The molecular weight excluding hydrogens is 472 g/mol. The van der Waals surface area contributed by atoms with Crippen LogP contribution in [0, 0.1) is 6.92 Å². The van der Waals surface area contributed by atoms with Gasteiger partial charge in [0.25, 0.3) is 0 Å². The number of fused-ring (bicyclic) bond motifs is 8. The maximum absolute atomic E-state index is 7.02. The molecule has 1 nitrogen and oxygen atoms in total. The summed E-state index contributed by atoms with van der Waals surface area (Å²) in [5.41, 5.74) is 10.4. The van der Waals surface area contributed by atoms with Crippen molar-refractivity contribution in [3.63, 3.8) is 0 Å². The van der Waals surface area contributed by atoms with E-state index in [0.717, 1.165) is 27.1 Å². The molecule has 1 aliphatic carbocycles. The lowest BCUT2D eigenvalue weighted by molar-refractivity contribution is 0.672. The van der Waals surface area contributed by atoms with Crippen molar-refractivity contribution in [2.75, 3.05) is 0 Å². The Bertz CT molecular complexity index is 2080. The smallest absolute Gasteiger partial charge is 0.143 e. The molecule has 1 unspecified atom stereocenters. The molecule has 1 aliphatic rings. The minimum atomic E-state index is 0.139. The Labute approximate surface area is 219 Å². The molecule has 0 aliphatic heterocycles. The zero-order chi connectivity index (χ0) is 24.8. The Morgan fingerprint density at radius 3 is 2.22 bits per heavy atom. The maximum atomic E-state index is 7.02. The topological polar surface area (TPSA) is 13.1 Å². The second-order valence-electron chi connectivity index (χ2n) is 10.3. The first kappa shape index (κ1) is 21.1. The average Bonchev–Trinajstić information content (AvgIpc) is 3.32. The number of benzene rings is 6. The van der Waals surface area contributed by atoms with Crippen molar-refractivity contribution in [1.82, 2.24) is 0 Å². The van der Waals surface area contributed by atoms with E-state index in [2.05, 4.69) is 111 Å². The van der Waals surface area contributed by atoms with Crippen LogP contribution in [0.5, 0.6) is 0 Å². The first-order valence-corrected chi connectivity index (χ1v) is 13.2. The molecule has 0 fully saturated rings. The van der Waals surface area contributed by atoms with Crippen LogP contribution in [0.2, 0.25) is 5.02 Å². The molecule has 0 spiro atoms. The number of halogens is 1. The van der Waals surface area contributed by atoms with Crippen LogP contribution in [0.4, 0.5) is 0 Å². The number of furan rings is 1. The van der Waals surface area contributed by atoms with Crippen molar-refractivity contribution >= 4 is 55.1 Å². The normalized spacial score (nSPS) is 14.6. The quantitative estimate of drug-likeness (QED) is 0.204. The van der Waals surface area contributed by atoms with Crippen molar-refractivity contribution in [2.45, 2.75) is 19.8 Å². The fourth-order valence-corrected chi connectivity index (χ4v) is 6.86. The van der Waals surface area contributed by atoms with Gasteiger partial charge in [-0.3, -0.25) is 0 Å². The Kier molecular flexibility index (Phi) is 4.25. The lowest BCUT2D eigenvalue weighted by atomic mass is 9.79. The van der Waals surface area contributed by atoms with Gasteiger partial charge in [-0.05, 0) is 86.8 Å². The van der Waals surface area contributed by atoms with Gasteiger partial charge < -0.3 is 4.42 Å². The summed E-state index contributed by atoms with van der Waals surface area (Å²) in [5, 5.41) is 7.98. The molecule has 0 saturated carbocycles. The Hall–Kier alpha value is -4.07. The van der Waals surface area contributed by atoms with E-state index in [1.54, 1.807) is 0 Å². The second kappa shape index (κ2) is 7.47. The highest BCUT2D eigenvalue weighted by Crippen LogP contribution is 2.50. The lowest BCUT2D eigenvalue weighted by Crippen LogP contribution is -2.03. The molecule has 1 aromatic heterocycles. The largest absolute Gasteiger partial charge is 0.455 e. The van der Waals surface area contributed by atoms with Crippen LogP contribution in [-0.4, -0.2) is 0 Å². The zero-order valence-corrected chi connectivity index (χ0v) is 21.4. The van der Waals surface area contributed by atoms with E-state index >= 15 is 0 Å². The van der Waals surface area contributed by atoms with Crippen molar-refractivity contribution in [3.8, 4) is 22.3 Å². The van der Waals surface area contributed by atoms with E-state index in [0.29, 0.717) is 0 Å². The Balaban J connectivity index is 1.65. The van der Waals surface area contributed by atoms with Crippen molar-refractivity contribution in [3.05, 3.63) is 119 Å². The fourth-order valence-electron chi connectivity index (χ4n) is 6.55. The molecule has 0 saturated heterocycles. The molecule has 0 N–H and O–H groups in total. The van der Waals surface area contributed by atoms with Crippen molar-refractivity contribution in [1.29, 1.82) is 0 Å². The lowest BCUT2D eigenvalue weighted by Gasteiger charge is -2.24. The number of hydrogen-bond acceptors (Lipinski definition) is 1. The predicted molar refractivity (Wildman–Crippen MR) is 157 cm³/mol. The SMILES string of the molecule is Cc1c2ccc(Cl)c1-c1cc3ccccc3cc1C(C)c1cccc3oc4c5ccccc5cc-2c4c13. The van der Waals surface area contributed by atoms with Gasteiger partial charge in [0.1, 0.15) is 11.2 Å². The second-order valence-corrected chi connectivity index (χ2v) is 10.7. The zero-order valence-electron chi connectivity index (χ0n) is 20.6. The molecule has 8 rings (SSSR count). The van der Waals surface area contributed by atoms with Crippen LogP contribution >= 0.6 is 11.6 Å². The van der Waals surface area contributed by atoms with Crippen molar-refractivity contribution in [2.24, 2.45) is 0 Å². The van der Waals surface area contributed by atoms with Crippen LogP contribution < -0.4 is 0 Å². The van der Waals surface area contributed by atoms with Gasteiger partial charge in [0.2, 0.25) is 0 Å². The van der Waals surface area contributed by atoms with Crippen LogP contribution in [0.1, 0.15) is 29.5 Å². The fraction of sp³-hybridized carbons (Fsp3) is 0.0857. The first-order valence-electron chi connectivity index (χ1n) is 12.8. The van der Waals surface area contributed by atoms with Gasteiger partial charge in [-0.2, -0.15) is 0 Å². The van der Waals surface area contributed by atoms with Crippen LogP contribution in [0.25, 0.3) is 65.7 Å². The summed E-state index contributed by atoms with van der Waals surface area (Å²) in [4.78, 5) is 0. The summed E-state index contributed by atoms with van der Waals surface area (Å²) in [7, 11) is 0. The minimum Gasteiger partial charge on any atom is -0.455 e. The first-order chi connectivity index (χ1) is 18.1. The van der Waals surface area contributed by atoms with Crippen molar-refractivity contribution < 1.29 is 4.42 Å². The molecule has 6 aromatic carbocycles. The molecule has 0 amide bonds. The van der Waals surface area contributed by atoms with E-state index < -0.39 is 0 Å². The third kappa shape index (κ3) is 2.81. The van der Waals surface area contributed by atoms with Gasteiger partial charge in [0.15, 0.2) is 0 Å². The van der Waals surface area contributed by atoms with E-state index in [9.17, 15) is 0 Å². The molecule has 2 heteroatoms. The summed E-state index contributed by atoms with van der Waals surface area (Å²) < 4.78 is 6.68. The number of hydrogen-bond donors (Lipinski definition) is 0. The Morgan fingerprint density at radius 2 is 1.38 bits per heavy atom.